The van der Waals surface area contributed by atoms with Gasteiger partial charge < -0.3 is 10.3 Å². The highest BCUT2D eigenvalue weighted by Gasteiger charge is 2.18. The van der Waals surface area contributed by atoms with Crippen LogP contribution in [0.1, 0.15) is 0 Å². The summed E-state index contributed by atoms with van der Waals surface area (Å²) in [5, 5.41) is 15.2. The van der Waals surface area contributed by atoms with Gasteiger partial charge in [0.2, 0.25) is 6.41 Å². The number of hydrogen-bond donors (Lipinski definition) is 2. The van der Waals surface area contributed by atoms with Crippen molar-refractivity contribution in [1.29, 1.82) is 0 Å². The molecule has 7 heteroatoms. The van der Waals surface area contributed by atoms with Crippen LogP contribution in [0.5, 0.6) is 0 Å². The highest BCUT2D eigenvalue weighted by molar-refractivity contribution is 6.16. The van der Waals surface area contributed by atoms with E-state index in [1.165, 1.54) is 12.1 Å². The van der Waals surface area contributed by atoms with E-state index in [-0.39, 0.29) is 5.69 Å². The number of non-ortho nitro benzene ring substituents is 1. The zero-order valence-corrected chi connectivity index (χ0v) is 12.9. The van der Waals surface area contributed by atoms with E-state index in [1.807, 2.05) is 30.3 Å². The molecule has 0 bridgehead atoms. The van der Waals surface area contributed by atoms with Gasteiger partial charge in [0.05, 0.1) is 16.8 Å². The second-order valence-electron chi connectivity index (χ2n) is 5.51. The zero-order chi connectivity index (χ0) is 17.4. The molecule has 4 rings (SSSR count). The van der Waals surface area contributed by atoms with Gasteiger partial charge >= 0.3 is 0 Å². The van der Waals surface area contributed by atoms with E-state index in [1.54, 1.807) is 12.3 Å². The molecule has 0 radical (unpaired) electrons. The lowest BCUT2D eigenvalue weighted by Gasteiger charge is -2.10. The largest absolute Gasteiger partial charge is 0.339 e. The van der Waals surface area contributed by atoms with Crippen molar-refractivity contribution in [2.45, 2.75) is 0 Å². The number of anilines is 1. The molecule has 4 aromatic rings. The van der Waals surface area contributed by atoms with Crippen LogP contribution >= 0.6 is 0 Å². The fourth-order valence-corrected chi connectivity index (χ4v) is 3.04. The standard InChI is InChI=1S/C18H12N4O3/c23-10-20-15-9-19-18-17(16(15)11-4-2-1-3-5-11)13-8-12(22(24)25)6-7-14(13)21-18/h1-10H,(H,19,21)(H,20,23). The van der Waals surface area contributed by atoms with Gasteiger partial charge in [0.1, 0.15) is 5.65 Å². The number of carbonyl (C=O) groups excluding carboxylic acids is 1. The highest BCUT2D eigenvalue weighted by Crippen LogP contribution is 2.39. The van der Waals surface area contributed by atoms with Gasteiger partial charge in [-0.1, -0.05) is 30.3 Å². The van der Waals surface area contributed by atoms with Crippen molar-refractivity contribution >= 4 is 39.7 Å². The SMILES string of the molecule is O=CNc1cnc2[nH]c3ccc([N+](=O)[O-])cc3c2c1-c1ccccc1. The number of H-pyrrole nitrogens is 1. The number of hydrogen-bond acceptors (Lipinski definition) is 4. The molecular weight excluding hydrogens is 320 g/mol. The molecule has 2 N–H and O–H groups in total. The van der Waals surface area contributed by atoms with Crippen LogP contribution in [0.4, 0.5) is 11.4 Å². The molecule has 0 spiro atoms. The molecule has 0 saturated heterocycles. The number of aromatic amines is 1. The van der Waals surface area contributed by atoms with Gasteiger partial charge in [-0.3, -0.25) is 14.9 Å². The van der Waals surface area contributed by atoms with Gasteiger partial charge in [0.25, 0.3) is 5.69 Å². The summed E-state index contributed by atoms with van der Waals surface area (Å²) in [6.07, 6.45) is 2.16. The minimum atomic E-state index is -0.429. The van der Waals surface area contributed by atoms with Crippen LogP contribution in [0.2, 0.25) is 0 Å². The first-order valence-electron chi connectivity index (χ1n) is 7.53. The van der Waals surface area contributed by atoms with Crippen LogP contribution in [-0.4, -0.2) is 21.3 Å². The molecule has 0 unspecified atom stereocenters. The predicted octanol–water partition coefficient (Wildman–Crippen LogP) is 3.86. The summed E-state index contributed by atoms with van der Waals surface area (Å²) in [6.45, 7) is 0. The Balaban J connectivity index is 2.15. The molecule has 122 valence electrons. The predicted molar refractivity (Wildman–Crippen MR) is 95.4 cm³/mol. The van der Waals surface area contributed by atoms with E-state index in [2.05, 4.69) is 15.3 Å². The van der Waals surface area contributed by atoms with E-state index >= 15 is 0 Å². The number of benzene rings is 2. The first-order valence-corrected chi connectivity index (χ1v) is 7.53. The fraction of sp³-hybridized carbons (Fsp3) is 0. The van der Waals surface area contributed by atoms with E-state index in [4.69, 9.17) is 0 Å². The van der Waals surface area contributed by atoms with Crippen molar-refractivity contribution in [3.8, 4) is 11.1 Å². The summed E-state index contributed by atoms with van der Waals surface area (Å²) >= 11 is 0. The van der Waals surface area contributed by atoms with E-state index in [0.29, 0.717) is 23.1 Å². The van der Waals surface area contributed by atoms with Gasteiger partial charge in [-0.25, -0.2) is 4.98 Å². The Morgan fingerprint density at radius 2 is 1.96 bits per heavy atom. The second-order valence-corrected chi connectivity index (χ2v) is 5.51. The third-order valence-corrected chi connectivity index (χ3v) is 4.09. The van der Waals surface area contributed by atoms with Crippen LogP contribution < -0.4 is 5.32 Å². The number of rotatable bonds is 4. The second kappa shape index (κ2) is 5.72. The number of nitro benzene ring substituents is 1. The zero-order valence-electron chi connectivity index (χ0n) is 12.9. The summed E-state index contributed by atoms with van der Waals surface area (Å²) in [5.74, 6) is 0. The molecule has 2 aromatic heterocycles. The van der Waals surface area contributed by atoms with Gasteiger partial charge in [-0.15, -0.1) is 0 Å². The van der Waals surface area contributed by atoms with Crippen LogP contribution in [0.25, 0.3) is 33.1 Å². The van der Waals surface area contributed by atoms with Crippen molar-refractivity contribution < 1.29 is 9.72 Å². The van der Waals surface area contributed by atoms with Crippen LogP contribution in [-0.2, 0) is 4.79 Å². The number of fused-ring (bicyclic) bond motifs is 3. The molecule has 1 amide bonds. The molecule has 0 aliphatic rings. The highest BCUT2D eigenvalue weighted by atomic mass is 16.6. The Labute approximate surface area is 141 Å². The first-order chi connectivity index (χ1) is 12.2. The molecule has 2 heterocycles. The number of nitrogens with zero attached hydrogens (tertiary/aromatic N) is 2. The summed E-state index contributed by atoms with van der Waals surface area (Å²) < 4.78 is 0. The number of pyridine rings is 1. The number of aromatic nitrogens is 2. The number of nitro groups is 1. The Hall–Kier alpha value is -3.74. The average molecular weight is 332 g/mol. The maximum atomic E-state index is 11.1. The van der Waals surface area contributed by atoms with Crippen molar-refractivity contribution in [3.05, 3.63) is 64.8 Å². The van der Waals surface area contributed by atoms with Crippen molar-refractivity contribution in [2.75, 3.05) is 5.32 Å². The topological polar surface area (TPSA) is 101 Å². The lowest BCUT2D eigenvalue weighted by Crippen LogP contribution is -1.98. The molecule has 0 aliphatic heterocycles. The first kappa shape index (κ1) is 14.8. The van der Waals surface area contributed by atoms with Crippen LogP contribution in [0, 0.1) is 10.1 Å². The lowest BCUT2D eigenvalue weighted by atomic mass is 9.99. The van der Waals surface area contributed by atoms with E-state index in [9.17, 15) is 14.9 Å². The van der Waals surface area contributed by atoms with Crippen LogP contribution in [0.15, 0.2) is 54.7 Å². The van der Waals surface area contributed by atoms with Gasteiger partial charge in [-0.05, 0) is 11.6 Å². The third-order valence-electron chi connectivity index (χ3n) is 4.09. The smallest absolute Gasteiger partial charge is 0.270 e. The normalized spacial score (nSPS) is 10.9. The van der Waals surface area contributed by atoms with Gasteiger partial charge in [0.15, 0.2) is 0 Å². The molecule has 0 aliphatic carbocycles. The molecule has 0 saturated carbocycles. The maximum Gasteiger partial charge on any atom is 0.270 e. The minimum Gasteiger partial charge on any atom is -0.339 e. The van der Waals surface area contributed by atoms with E-state index < -0.39 is 4.92 Å². The van der Waals surface area contributed by atoms with Crippen molar-refractivity contribution in [1.82, 2.24) is 9.97 Å². The number of nitrogens with one attached hydrogen (secondary N) is 2. The monoisotopic (exact) mass is 332 g/mol. The Morgan fingerprint density at radius 1 is 1.16 bits per heavy atom. The summed E-state index contributed by atoms with van der Waals surface area (Å²) in [7, 11) is 0. The van der Waals surface area contributed by atoms with E-state index in [0.717, 1.165) is 22.0 Å². The summed E-state index contributed by atoms with van der Waals surface area (Å²) in [6, 6.07) is 14.2. The number of carbonyl (C=O) groups is 1. The third kappa shape index (κ3) is 2.38. The lowest BCUT2D eigenvalue weighted by molar-refractivity contribution is -0.384. The van der Waals surface area contributed by atoms with Crippen molar-refractivity contribution in [2.24, 2.45) is 0 Å². The Morgan fingerprint density at radius 3 is 2.68 bits per heavy atom. The summed E-state index contributed by atoms with van der Waals surface area (Å²) in [5.41, 5.74) is 3.54. The summed E-state index contributed by atoms with van der Waals surface area (Å²) in [4.78, 5) is 29.2. The molecule has 25 heavy (non-hydrogen) atoms. The molecule has 7 nitrogen and oxygen atoms in total. The number of amides is 1. The Kier molecular flexibility index (Phi) is 3.39. The fourth-order valence-electron chi connectivity index (χ4n) is 3.04. The minimum absolute atomic E-state index is 0.00108. The van der Waals surface area contributed by atoms with Gasteiger partial charge in [0, 0.05) is 34.0 Å². The van der Waals surface area contributed by atoms with Crippen molar-refractivity contribution in [3.63, 3.8) is 0 Å². The molecule has 2 aromatic carbocycles. The molecular formula is C18H12N4O3. The average Bonchev–Trinajstić information content (AvgIpc) is 3.00. The van der Waals surface area contributed by atoms with Crippen LogP contribution in [0.3, 0.4) is 0 Å². The molecule has 0 fully saturated rings. The quantitative estimate of drug-likeness (QED) is 0.336. The Bertz CT molecular complexity index is 1120. The molecule has 0 atom stereocenters. The van der Waals surface area contributed by atoms with Gasteiger partial charge in [-0.2, -0.15) is 0 Å². The maximum absolute atomic E-state index is 11.1.